The first-order chi connectivity index (χ1) is 7.70. The first-order valence-corrected chi connectivity index (χ1v) is 6.29. The van der Waals surface area contributed by atoms with Crippen molar-refractivity contribution in [3.63, 3.8) is 0 Å². The van der Waals surface area contributed by atoms with Gasteiger partial charge >= 0.3 is 0 Å². The zero-order valence-corrected chi connectivity index (χ0v) is 10.5. The van der Waals surface area contributed by atoms with Gasteiger partial charge in [0.1, 0.15) is 0 Å². The van der Waals surface area contributed by atoms with Crippen LogP contribution >= 0.6 is 0 Å². The fourth-order valence-electron chi connectivity index (χ4n) is 1.78. The van der Waals surface area contributed by atoms with Crippen molar-refractivity contribution in [3.05, 3.63) is 0 Å². The predicted octanol–water partition coefficient (Wildman–Crippen LogP) is 1.01. The lowest BCUT2D eigenvalue weighted by atomic mass is 10.2. The minimum atomic E-state index is 0.274. The van der Waals surface area contributed by atoms with Gasteiger partial charge in [0.05, 0.1) is 6.61 Å². The summed E-state index contributed by atoms with van der Waals surface area (Å²) in [5, 5.41) is 3.32. The predicted molar refractivity (Wildman–Crippen MR) is 64.4 cm³/mol. The third kappa shape index (κ3) is 5.47. The topological polar surface area (TPSA) is 41.6 Å². The van der Waals surface area contributed by atoms with Crippen molar-refractivity contribution in [2.24, 2.45) is 0 Å². The second-order valence-corrected chi connectivity index (χ2v) is 4.56. The number of nitrogens with zero attached hydrogens (tertiary/aromatic N) is 1. The summed E-state index contributed by atoms with van der Waals surface area (Å²) < 4.78 is 5.33. The lowest BCUT2D eigenvalue weighted by molar-refractivity contribution is -0.131. The molecule has 1 amide bonds. The highest BCUT2D eigenvalue weighted by molar-refractivity contribution is 5.76. The van der Waals surface area contributed by atoms with Crippen LogP contribution in [0.15, 0.2) is 0 Å². The maximum atomic E-state index is 11.8. The lowest BCUT2D eigenvalue weighted by Gasteiger charge is -2.19. The van der Waals surface area contributed by atoms with Crippen LogP contribution in [-0.4, -0.2) is 49.7 Å². The molecule has 4 nitrogen and oxygen atoms in total. The Morgan fingerprint density at radius 3 is 2.94 bits per heavy atom. The Morgan fingerprint density at radius 2 is 2.19 bits per heavy atom. The van der Waals surface area contributed by atoms with Gasteiger partial charge in [0, 0.05) is 32.2 Å². The Morgan fingerprint density at radius 1 is 1.38 bits per heavy atom. The minimum Gasteiger partial charge on any atom is -0.380 e. The van der Waals surface area contributed by atoms with Gasteiger partial charge in [-0.1, -0.05) is 13.8 Å². The summed E-state index contributed by atoms with van der Waals surface area (Å²) in [5.74, 6) is 0.274. The number of carbonyl (C=O) groups is 1. The molecule has 0 unspecified atom stereocenters. The van der Waals surface area contributed by atoms with Gasteiger partial charge in [-0.3, -0.25) is 4.79 Å². The van der Waals surface area contributed by atoms with Crippen molar-refractivity contribution < 1.29 is 9.53 Å². The highest BCUT2D eigenvalue weighted by atomic mass is 16.5. The lowest BCUT2D eigenvalue weighted by Crippen LogP contribution is -2.33. The molecule has 1 aliphatic heterocycles. The number of nitrogens with one attached hydrogen (secondary N) is 1. The second-order valence-electron chi connectivity index (χ2n) is 4.56. The molecule has 1 fully saturated rings. The molecule has 16 heavy (non-hydrogen) atoms. The van der Waals surface area contributed by atoms with E-state index >= 15 is 0 Å². The van der Waals surface area contributed by atoms with Crippen LogP contribution < -0.4 is 5.32 Å². The van der Waals surface area contributed by atoms with Crippen LogP contribution in [0.25, 0.3) is 0 Å². The van der Waals surface area contributed by atoms with E-state index in [0.29, 0.717) is 19.1 Å². The molecule has 0 aromatic carbocycles. The van der Waals surface area contributed by atoms with Crippen LogP contribution in [0.2, 0.25) is 0 Å². The monoisotopic (exact) mass is 228 g/mol. The maximum absolute atomic E-state index is 11.8. The molecule has 0 radical (unpaired) electrons. The van der Waals surface area contributed by atoms with Crippen LogP contribution in [0.5, 0.6) is 0 Å². The average Bonchev–Trinajstić information content (AvgIpc) is 2.52. The van der Waals surface area contributed by atoms with E-state index in [4.69, 9.17) is 4.74 Å². The zero-order valence-electron chi connectivity index (χ0n) is 10.5. The van der Waals surface area contributed by atoms with E-state index in [0.717, 1.165) is 39.1 Å². The molecule has 0 spiro atoms. The fourth-order valence-corrected chi connectivity index (χ4v) is 1.78. The minimum absolute atomic E-state index is 0.274. The Bertz CT molecular complexity index is 199. The third-order valence-corrected chi connectivity index (χ3v) is 2.69. The van der Waals surface area contributed by atoms with Crippen molar-refractivity contribution in [1.29, 1.82) is 0 Å². The zero-order chi connectivity index (χ0) is 11.8. The number of hydrogen-bond donors (Lipinski definition) is 1. The van der Waals surface area contributed by atoms with Crippen molar-refractivity contribution in [1.82, 2.24) is 10.2 Å². The molecule has 1 N–H and O–H groups in total. The van der Waals surface area contributed by atoms with Crippen LogP contribution in [0.1, 0.15) is 33.1 Å². The number of hydrogen-bond acceptors (Lipinski definition) is 3. The van der Waals surface area contributed by atoms with E-state index in [-0.39, 0.29) is 5.91 Å². The molecule has 1 heterocycles. The molecule has 0 aliphatic carbocycles. The fraction of sp³-hybridized carbons (Fsp3) is 0.917. The average molecular weight is 228 g/mol. The van der Waals surface area contributed by atoms with Crippen molar-refractivity contribution in [2.75, 3.05) is 32.8 Å². The van der Waals surface area contributed by atoms with Crippen LogP contribution in [0.4, 0.5) is 0 Å². The normalized spacial score (nSPS) is 17.6. The van der Waals surface area contributed by atoms with Gasteiger partial charge in [-0.25, -0.2) is 0 Å². The standard InChI is InChI=1S/C12H24N2O2/c1-11(2)13-6-3-5-12(15)14-7-4-9-16-10-8-14/h11,13H,3-10H2,1-2H3. The molecule has 0 aromatic heterocycles. The van der Waals surface area contributed by atoms with Crippen LogP contribution in [0, 0.1) is 0 Å². The van der Waals surface area contributed by atoms with Gasteiger partial charge < -0.3 is 15.0 Å². The molecule has 0 bridgehead atoms. The van der Waals surface area contributed by atoms with Gasteiger partial charge in [-0.2, -0.15) is 0 Å². The Labute approximate surface area is 98.3 Å². The van der Waals surface area contributed by atoms with E-state index in [9.17, 15) is 4.79 Å². The summed E-state index contributed by atoms with van der Waals surface area (Å²) >= 11 is 0. The molecular weight excluding hydrogens is 204 g/mol. The number of carbonyl (C=O) groups excluding carboxylic acids is 1. The molecule has 1 rings (SSSR count). The van der Waals surface area contributed by atoms with Crippen LogP contribution in [-0.2, 0) is 9.53 Å². The molecule has 0 atom stereocenters. The second kappa shape index (κ2) is 7.63. The Kier molecular flexibility index (Phi) is 6.42. The van der Waals surface area contributed by atoms with Crippen LogP contribution in [0.3, 0.4) is 0 Å². The highest BCUT2D eigenvalue weighted by Gasteiger charge is 2.14. The highest BCUT2D eigenvalue weighted by Crippen LogP contribution is 2.03. The van der Waals surface area contributed by atoms with E-state index < -0.39 is 0 Å². The molecule has 0 aromatic rings. The molecule has 1 saturated heterocycles. The van der Waals surface area contributed by atoms with E-state index in [1.165, 1.54) is 0 Å². The van der Waals surface area contributed by atoms with Gasteiger partial charge in [0.2, 0.25) is 5.91 Å². The summed E-state index contributed by atoms with van der Waals surface area (Å²) in [5.41, 5.74) is 0. The number of rotatable bonds is 5. The number of ether oxygens (including phenoxy) is 1. The Balaban J connectivity index is 2.13. The van der Waals surface area contributed by atoms with Gasteiger partial charge in [-0.15, -0.1) is 0 Å². The third-order valence-electron chi connectivity index (χ3n) is 2.69. The molecule has 0 saturated carbocycles. The summed E-state index contributed by atoms with van der Waals surface area (Å²) in [6, 6.07) is 0.502. The first kappa shape index (κ1) is 13.5. The summed E-state index contributed by atoms with van der Waals surface area (Å²) in [4.78, 5) is 13.8. The van der Waals surface area contributed by atoms with E-state index in [2.05, 4.69) is 19.2 Å². The largest absolute Gasteiger partial charge is 0.380 e. The van der Waals surface area contributed by atoms with E-state index in [1.807, 2.05) is 4.90 Å². The molecule has 1 aliphatic rings. The van der Waals surface area contributed by atoms with Crippen molar-refractivity contribution in [2.45, 2.75) is 39.2 Å². The maximum Gasteiger partial charge on any atom is 0.222 e. The molecule has 4 heteroatoms. The van der Waals surface area contributed by atoms with E-state index in [1.54, 1.807) is 0 Å². The van der Waals surface area contributed by atoms with Gasteiger partial charge in [0.25, 0.3) is 0 Å². The summed E-state index contributed by atoms with van der Waals surface area (Å²) in [6.07, 6.45) is 2.55. The summed E-state index contributed by atoms with van der Waals surface area (Å²) in [6.45, 7) is 8.26. The number of amides is 1. The molecule has 94 valence electrons. The van der Waals surface area contributed by atoms with Gasteiger partial charge in [-0.05, 0) is 19.4 Å². The molecular formula is C12H24N2O2. The van der Waals surface area contributed by atoms with Crippen molar-refractivity contribution >= 4 is 5.91 Å². The van der Waals surface area contributed by atoms with Crippen molar-refractivity contribution in [3.8, 4) is 0 Å². The Hall–Kier alpha value is -0.610. The smallest absolute Gasteiger partial charge is 0.222 e. The SMILES string of the molecule is CC(C)NCCCC(=O)N1CCCOCC1. The van der Waals surface area contributed by atoms with Gasteiger partial charge in [0.15, 0.2) is 0 Å². The first-order valence-electron chi connectivity index (χ1n) is 6.29. The quantitative estimate of drug-likeness (QED) is 0.714. The summed E-state index contributed by atoms with van der Waals surface area (Å²) in [7, 11) is 0.